The number of hydrogen-bond donors (Lipinski definition) is 1. The van der Waals surface area contributed by atoms with Gasteiger partial charge in [0.1, 0.15) is 5.54 Å². The van der Waals surface area contributed by atoms with Gasteiger partial charge in [0.05, 0.1) is 6.61 Å². The van der Waals surface area contributed by atoms with Gasteiger partial charge < -0.3 is 10.5 Å². The number of nitrogens with two attached hydrogens (primary N) is 1. The Labute approximate surface area is 103 Å². The number of aryl methyl sites for hydroxylation is 3. The van der Waals surface area contributed by atoms with Gasteiger partial charge in [0.15, 0.2) is 0 Å². The molecule has 1 rings (SSSR count). The Morgan fingerprint density at radius 3 is 2.18 bits per heavy atom. The highest BCUT2D eigenvalue weighted by Gasteiger charge is 2.34. The summed E-state index contributed by atoms with van der Waals surface area (Å²) in [5.74, 6) is -0.380. The quantitative estimate of drug-likeness (QED) is 0.818. The molecule has 0 bridgehead atoms. The van der Waals surface area contributed by atoms with Crippen molar-refractivity contribution >= 4 is 5.97 Å². The first kappa shape index (κ1) is 13.7. The first-order valence-electron chi connectivity index (χ1n) is 5.85. The average Bonchev–Trinajstić information content (AvgIpc) is 2.15. The van der Waals surface area contributed by atoms with Crippen molar-refractivity contribution in [2.75, 3.05) is 6.61 Å². The van der Waals surface area contributed by atoms with Gasteiger partial charge in [-0.3, -0.25) is 0 Å². The molecule has 1 aromatic rings. The van der Waals surface area contributed by atoms with Crippen LogP contribution < -0.4 is 5.73 Å². The molecule has 0 aliphatic heterocycles. The summed E-state index contributed by atoms with van der Waals surface area (Å²) in [6.45, 7) is 9.80. The average molecular weight is 235 g/mol. The zero-order valence-corrected chi connectivity index (χ0v) is 11.3. The van der Waals surface area contributed by atoms with Gasteiger partial charge in [0, 0.05) is 0 Å². The molecule has 0 aromatic heterocycles. The molecule has 0 radical (unpaired) electrons. The van der Waals surface area contributed by atoms with E-state index in [0.29, 0.717) is 6.61 Å². The van der Waals surface area contributed by atoms with Crippen molar-refractivity contribution in [3.8, 4) is 0 Å². The number of ether oxygens (including phenoxy) is 1. The predicted molar refractivity (Wildman–Crippen MR) is 68.8 cm³/mol. The van der Waals surface area contributed by atoms with Crippen LogP contribution in [0.15, 0.2) is 12.1 Å². The van der Waals surface area contributed by atoms with Crippen LogP contribution in [0.4, 0.5) is 0 Å². The second-order valence-electron chi connectivity index (χ2n) is 4.70. The van der Waals surface area contributed by atoms with E-state index in [9.17, 15) is 4.79 Å². The van der Waals surface area contributed by atoms with Crippen molar-refractivity contribution in [1.29, 1.82) is 0 Å². The maximum Gasteiger partial charge on any atom is 0.330 e. The molecule has 1 atom stereocenters. The molecule has 0 spiro atoms. The van der Waals surface area contributed by atoms with Crippen LogP contribution in [0.5, 0.6) is 0 Å². The third-order valence-electron chi connectivity index (χ3n) is 2.90. The van der Waals surface area contributed by atoms with Crippen molar-refractivity contribution in [2.24, 2.45) is 5.73 Å². The molecule has 1 unspecified atom stereocenters. The Bertz CT molecular complexity index is 413. The highest BCUT2D eigenvalue weighted by Crippen LogP contribution is 2.27. The summed E-state index contributed by atoms with van der Waals surface area (Å²) in [5, 5.41) is 0. The van der Waals surface area contributed by atoms with Crippen LogP contribution in [-0.2, 0) is 15.1 Å². The van der Waals surface area contributed by atoms with Gasteiger partial charge >= 0.3 is 5.97 Å². The Balaban J connectivity index is 3.28. The summed E-state index contributed by atoms with van der Waals surface area (Å²) in [6, 6.07) is 4.07. The number of carbonyl (C=O) groups is 1. The Hall–Kier alpha value is -1.35. The summed E-state index contributed by atoms with van der Waals surface area (Å²) < 4.78 is 5.04. The third kappa shape index (κ3) is 2.67. The first-order chi connectivity index (χ1) is 7.80. The molecule has 1 aromatic carbocycles. The van der Waals surface area contributed by atoms with Crippen molar-refractivity contribution in [1.82, 2.24) is 0 Å². The minimum atomic E-state index is -1.09. The van der Waals surface area contributed by atoms with E-state index in [1.54, 1.807) is 13.8 Å². The zero-order valence-electron chi connectivity index (χ0n) is 11.3. The summed E-state index contributed by atoms with van der Waals surface area (Å²) >= 11 is 0. The van der Waals surface area contributed by atoms with Crippen molar-refractivity contribution in [3.63, 3.8) is 0 Å². The third-order valence-corrected chi connectivity index (χ3v) is 2.90. The van der Waals surface area contributed by atoms with Gasteiger partial charge in [-0.25, -0.2) is 4.79 Å². The summed E-state index contributed by atoms with van der Waals surface area (Å²) in [6.07, 6.45) is 0. The molecule has 0 saturated heterocycles. The number of rotatable bonds is 3. The molecule has 0 fully saturated rings. The topological polar surface area (TPSA) is 52.3 Å². The smallest absolute Gasteiger partial charge is 0.330 e. The summed E-state index contributed by atoms with van der Waals surface area (Å²) in [4.78, 5) is 11.9. The number of hydrogen-bond acceptors (Lipinski definition) is 3. The van der Waals surface area contributed by atoms with Gasteiger partial charge in [-0.1, -0.05) is 17.7 Å². The van der Waals surface area contributed by atoms with E-state index in [1.165, 1.54) is 5.56 Å². The van der Waals surface area contributed by atoms with E-state index in [1.807, 2.05) is 32.9 Å². The van der Waals surface area contributed by atoms with Crippen LogP contribution in [-0.4, -0.2) is 12.6 Å². The van der Waals surface area contributed by atoms with Gasteiger partial charge in [0.2, 0.25) is 0 Å². The second-order valence-corrected chi connectivity index (χ2v) is 4.70. The SMILES string of the molecule is CCOC(=O)C(C)(N)c1c(C)cc(C)cc1C. The molecule has 3 heteroatoms. The summed E-state index contributed by atoms with van der Waals surface area (Å²) in [7, 11) is 0. The lowest BCUT2D eigenvalue weighted by atomic mass is 9.85. The molecule has 2 N–H and O–H groups in total. The maximum atomic E-state index is 11.9. The normalized spacial score (nSPS) is 14.2. The van der Waals surface area contributed by atoms with E-state index in [0.717, 1.165) is 16.7 Å². The van der Waals surface area contributed by atoms with Gasteiger partial charge in [-0.15, -0.1) is 0 Å². The molecule has 0 aliphatic rings. The van der Waals surface area contributed by atoms with Crippen LogP contribution >= 0.6 is 0 Å². The second kappa shape index (κ2) is 4.88. The van der Waals surface area contributed by atoms with E-state index >= 15 is 0 Å². The number of esters is 1. The minimum Gasteiger partial charge on any atom is -0.464 e. The van der Waals surface area contributed by atoms with Crippen LogP contribution in [0, 0.1) is 20.8 Å². The van der Waals surface area contributed by atoms with Crippen LogP contribution in [0.2, 0.25) is 0 Å². The van der Waals surface area contributed by atoms with Crippen molar-refractivity contribution in [3.05, 3.63) is 34.4 Å². The molecule has 0 heterocycles. The largest absolute Gasteiger partial charge is 0.464 e. The monoisotopic (exact) mass is 235 g/mol. The maximum absolute atomic E-state index is 11.9. The first-order valence-corrected chi connectivity index (χ1v) is 5.85. The van der Waals surface area contributed by atoms with Crippen LogP contribution in [0.25, 0.3) is 0 Å². The predicted octanol–water partition coefficient (Wildman–Crippen LogP) is 2.35. The lowest BCUT2D eigenvalue weighted by molar-refractivity contribution is -0.149. The van der Waals surface area contributed by atoms with E-state index in [2.05, 4.69) is 0 Å². The molecule has 0 aliphatic carbocycles. The van der Waals surface area contributed by atoms with Gasteiger partial charge in [-0.2, -0.15) is 0 Å². The van der Waals surface area contributed by atoms with Crippen molar-refractivity contribution in [2.45, 2.75) is 40.2 Å². The summed E-state index contributed by atoms with van der Waals surface area (Å²) in [5.41, 5.74) is 9.15. The highest BCUT2D eigenvalue weighted by atomic mass is 16.5. The lowest BCUT2D eigenvalue weighted by Gasteiger charge is -2.26. The Morgan fingerprint density at radius 1 is 1.29 bits per heavy atom. The van der Waals surface area contributed by atoms with Crippen LogP contribution in [0.1, 0.15) is 36.1 Å². The Morgan fingerprint density at radius 2 is 1.76 bits per heavy atom. The van der Waals surface area contributed by atoms with Crippen LogP contribution in [0.3, 0.4) is 0 Å². The fourth-order valence-corrected chi connectivity index (χ4v) is 2.38. The molecule has 3 nitrogen and oxygen atoms in total. The lowest BCUT2D eigenvalue weighted by Crippen LogP contribution is -2.44. The molecular formula is C14H21NO2. The van der Waals surface area contributed by atoms with E-state index in [4.69, 9.17) is 10.5 Å². The van der Waals surface area contributed by atoms with Gasteiger partial charge in [-0.05, 0) is 51.3 Å². The number of carbonyl (C=O) groups excluding carboxylic acids is 1. The fraction of sp³-hybridized carbons (Fsp3) is 0.500. The highest BCUT2D eigenvalue weighted by molar-refractivity contribution is 5.83. The minimum absolute atomic E-state index is 0.343. The number of benzene rings is 1. The molecule has 0 amide bonds. The fourth-order valence-electron chi connectivity index (χ4n) is 2.38. The Kier molecular flexibility index (Phi) is 3.94. The molecule has 94 valence electrons. The van der Waals surface area contributed by atoms with Gasteiger partial charge in [0.25, 0.3) is 0 Å². The molecule has 17 heavy (non-hydrogen) atoms. The standard InChI is InChI=1S/C14H21NO2/c1-6-17-13(16)14(5,15)12-10(3)7-9(2)8-11(12)4/h7-8H,6,15H2,1-5H3. The molecule has 0 saturated carbocycles. The molecular weight excluding hydrogens is 214 g/mol. The van der Waals surface area contributed by atoms with Crippen molar-refractivity contribution < 1.29 is 9.53 Å². The van der Waals surface area contributed by atoms with E-state index < -0.39 is 5.54 Å². The zero-order chi connectivity index (χ0) is 13.2. The van der Waals surface area contributed by atoms with E-state index in [-0.39, 0.29) is 5.97 Å².